The van der Waals surface area contributed by atoms with Crippen LogP contribution in [0.5, 0.6) is 0 Å². The van der Waals surface area contributed by atoms with E-state index in [0.717, 1.165) is 25.1 Å². The highest BCUT2D eigenvalue weighted by molar-refractivity contribution is 5.97. The first-order valence-electron chi connectivity index (χ1n) is 7.32. The van der Waals surface area contributed by atoms with Gasteiger partial charge in [0, 0.05) is 19.6 Å². The van der Waals surface area contributed by atoms with Gasteiger partial charge < -0.3 is 15.5 Å². The summed E-state index contributed by atoms with van der Waals surface area (Å²) in [4.78, 5) is 25.6. The van der Waals surface area contributed by atoms with Crippen LogP contribution in [-0.4, -0.2) is 49.4 Å². The molecule has 0 spiro atoms. The van der Waals surface area contributed by atoms with E-state index in [9.17, 15) is 22.8 Å². The fraction of sp³-hybridized carbons (Fsp3) is 0.467. The summed E-state index contributed by atoms with van der Waals surface area (Å²) in [5.41, 5.74) is -1.49. The largest absolute Gasteiger partial charge is 0.417 e. The average molecular weight is 366 g/mol. The molecule has 1 aromatic carbocycles. The van der Waals surface area contributed by atoms with E-state index in [1.54, 1.807) is 4.90 Å². The smallest absolute Gasteiger partial charge is 0.343 e. The molecule has 0 unspecified atom stereocenters. The van der Waals surface area contributed by atoms with E-state index in [-0.39, 0.29) is 24.9 Å². The Balaban J connectivity index is 0.00000288. The number of amides is 2. The number of carbonyl (C=O) groups excluding carboxylic acids is 2. The highest BCUT2D eigenvalue weighted by atomic mass is 35.5. The van der Waals surface area contributed by atoms with Crippen molar-refractivity contribution in [2.75, 3.05) is 32.7 Å². The molecule has 1 aliphatic rings. The summed E-state index contributed by atoms with van der Waals surface area (Å²) in [7, 11) is 0. The van der Waals surface area contributed by atoms with Crippen molar-refractivity contribution < 1.29 is 22.8 Å². The molecule has 0 aromatic heterocycles. The number of hydrogen-bond donors (Lipinski definition) is 2. The molecule has 2 amide bonds. The summed E-state index contributed by atoms with van der Waals surface area (Å²) in [6.45, 7) is 2.26. The molecule has 2 N–H and O–H groups in total. The van der Waals surface area contributed by atoms with Gasteiger partial charge >= 0.3 is 6.18 Å². The molecule has 1 fully saturated rings. The van der Waals surface area contributed by atoms with Crippen LogP contribution in [0, 0.1) is 0 Å². The van der Waals surface area contributed by atoms with Crippen LogP contribution < -0.4 is 10.6 Å². The third-order valence-corrected chi connectivity index (χ3v) is 3.57. The maximum atomic E-state index is 12.9. The van der Waals surface area contributed by atoms with Crippen molar-refractivity contribution >= 4 is 24.2 Å². The average Bonchev–Trinajstić information content (AvgIpc) is 2.80. The number of nitrogens with zero attached hydrogens (tertiary/aromatic N) is 1. The maximum Gasteiger partial charge on any atom is 0.417 e. The molecule has 0 bridgehead atoms. The molecule has 0 radical (unpaired) electrons. The second-order valence-electron chi connectivity index (χ2n) is 5.21. The maximum absolute atomic E-state index is 12.9. The first-order valence-corrected chi connectivity index (χ1v) is 7.32. The zero-order valence-corrected chi connectivity index (χ0v) is 13.7. The van der Waals surface area contributed by atoms with Crippen molar-refractivity contribution in [2.45, 2.75) is 12.6 Å². The lowest BCUT2D eigenvalue weighted by atomic mass is 10.1. The summed E-state index contributed by atoms with van der Waals surface area (Å²) < 4.78 is 38.6. The van der Waals surface area contributed by atoms with Gasteiger partial charge in [-0.05, 0) is 25.1 Å². The Morgan fingerprint density at radius 3 is 2.58 bits per heavy atom. The normalized spacial score (nSPS) is 15.2. The van der Waals surface area contributed by atoms with Crippen LogP contribution in [0.1, 0.15) is 22.3 Å². The molecular weight excluding hydrogens is 347 g/mol. The minimum atomic E-state index is -4.62. The number of hydrogen-bond acceptors (Lipinski definition) is 3. The Bertz CT molecular complexity index is 573. The van der Waals surface area contributed by atoms with E-state index >= 15 is 0 Å². The van der Waals surface area contributed by atoms with Crippen LogP contribution in [0.15, 0.2) is 24.3 Å². The lowest BCUT2D eigenvalue weighted by Crippen LogP contribution is -2.42. The monoisotopic (exact) mass is 365 g/mol. The summed E-state index contributed by atoms with van der Waals surface area (Å²) in [6, 6.07) is 4.51. The Hall–Kier alpha value is -1.80. The molecule has 1 aromatic rings. The Labute approximate surface area is 144 Å². The quantitative estimate of drug-likeness (QED) is 0.856. The number of benzene rings is 1. The van der Waals surface area contributed by atoms with Crippen molar-refractivity contribution in [1.29, 1.82) is 0 Å². The highest BCUT2D eigenvalue weighted by Gasteiger charge is 2.34. The minimum Gasteiger partial charge on any atom is -0.343 e. The van der Waals surface area contributed by atoms with Crippen molar-refractivity contribution in [2.24, 2.45) is 0 Å². The van der Waals surface area contributed by atoms with Gasteiger partial charge in [-0.1, -0.05) is 12.1 Å². The summed E-state index contributed by atoms with van der Waals surface area (Å²) in [6.07, 6.45) is -3.81. The van der Waals surface area contributed by atoms with Crippen LogP contribution in [0.25, 0.3) is 0 Å². The summed E-state index contributed by atoms with van der Waals surface area (Å²) >= 11 is 0. The van der Waals surface area contributed by atoms with Crippen LogP contribution in [-0.2, 0) is 11.0 Å². The molecule has 24 heavy (non-hydrogen) atoms. The van der Waals surface area contributed by atoms with Crippen molar-refractivity contribution in [1.82, 2.24) is 15.5 Å². The predicted octanol–water partition coefficient (Wildman–Crippen LogP) is 1.68. The van der Waals surface area contributed by atoms with Crippen LogP contribution >= 0.6 is 12.4 Å². The molecule has 1 heterocycles. The lowest BCUT2D eigenvalue weighted by molar-refractivity contribution is -0.137. The summed E-state index contributed by atoms with van der Waals surface area (Å²) in [5.74, 6) is -1.20. The van der Waals surface area contributed by atoms with E-state index < -0.39 is 23.2 Å². The fourth-order valence-electron chi connectivity index (χ4n) is 2.39. The number of carbonyl (C=O) groups is 2. The van der Waals surface area contributed by atoms with E-state index in [2.05, 4.69) is 10.6 Å². The van der Waals surface area contributed by atoms with Crippen LogP contribution in [0.2, 0.25) is 0 Å². The minimum absolute atomic E-state index is 0. The van der Waals surface area contributed by atoms with Gasteiger partial charge in [0.1, 0.15) is 0 Å². The molecule has 2 rings (SSSR count). The Morgan fingerprint density at radius 2 is 1.88 bits per heavy atom. The number of halogens is 4. The predicted molar refractivity (Wildman–Crippen MR) is 85.1 cm³/mol. The van der Waals surface area contributed by atoms with Crippen molar-refractivity contribution in [3.05, 3.63) is 35.4 Å². The van der Waals surface area contributed by atoms with Gasteiger partial charge in [-0.15, -0.1) is 12.4 Å². The third-order valence-electron chi connectivity index (χ3n) is 3.57. The first kappa shape index (κ1) is 20.2. The van der Waals surface area contributed by atoms with Gasteiger partial charge in [-0.2, -0.15) is 13.2 Å². The fourth-order valence-corrected chi connectivity index (χ4v) is 2.39. The molecular formula is C15H19ClF3N3O2. The standard InChI is InChI=1S/C15H18F3N3O2.ClH/c16-15(17,18)12-5-2-1-4-11(12)14(23)20-10-13(22)21-8-3-6-19-7-9-21;/h1-2,4-5,19H,3,6-10H2,(H,20,23);1H. The molecule has 9 heteroatoms. The van der Waals surface area contributed by atoms with Gasteiger partial charge in [0.05, 0.1) is 17.7 Å². The van der Waals surface area contributed by atoms with Gasteiger partial charge in [-0.25, -0.2) is 0 Å². The summed E-state index contributed by atoms with van der Waals surface area (Å²) in [5, 5.41) is 5.42. The van der Waals surface area contributed by atoms with E-state index in [4.69, 9.17) is 0 Å². The number of alkyl halides is 3. The third kappa shape index (κ3) is 5.38. The Kier molecular flexibility index (Phi) is 7.50. The molecule has 134 valence electrons. The zero-order chi connectivity index (χ0) is 16.9. The SMILES string of the molecule is Cl.O=C(NCC(=O)N1CCCNCC1)c1ccccc1C(F)(F)F. The molecule has 0 saturated carbocycles. The number of rotatable bonds is 3. The molecule has 5 nitrogen and oxygen atoms in total. The van der Waals surface area contributed by atoms with Crippen molar-refractivity contribution in [3.63, 3.8) is 0 Å². The number of nitrogens with one attached hydrogen (secondary N) is 2. The topological polar surface area (TPSA) is 61.4 Å². The molecule has 0 atom stereocenters. The Morgan fingerprint density at radius 1 is 1.17 bits per heavy atom. The molecule has 0 aliphatic carbocycles. The van der Waals surface area contributed by atoms with Crippen molar-refractivity contribution in [3.8, 4) is 0 Å². The second kappa shape index (κ2) is 8.89. The van der Waals surface area contributed by atoms with Crippen LogP contribution in [0.4, 0.5) is 13.2 Å². The van der Waals surface area contributed by atoms with E-state index in [1.165, 1.54) is 12.1 Å². The van der Waals surface area contributed by atoms with E-state index in [1.807, 2.05) is 0 Å². The lowest BCUT2D eigenvalue weighted by Gasteiger charge is -2.20. The van der Waals surface area contributed by atoms with Gasteiger partial charge in [-0.3, -0.25) is 9.59 Å². The second-order valence-corrected chi connectivity index (χ2v) is 5.21. The first-order chi connectivity index (χ1) is 10.9. The zero-order valence-electron chi connectivity index (χ0n) is 12.9. The molecule has 1 saturated heterocycles. The van der Waals surface area contributed by atoms with Gasteiger partial charge in [0.2, 0.25) is 5.91 Å². The van der Waals surface area contributed by atoms with Crippen LogP contribution in [0.3, 0.4) is 0 Å². The molecule has 1 aliphatic heterocycles. The van der Waals surface area contributed by atoms with Gasteiger partial charge in [0.25, 0.3) is 5.91 Å². The van der Waals surface area contributed by atoms with Gasteiger partial charge in [0.15, 0.2) is 0 Å². The highest BCUT2D eigenvalue weighted by Crippen LogP contribution is 2.31. The van der Waals surface area contributed by atoms with E-state index in [0.29, 0.717) is 19.6 Å².